The zero-order valence-corrected chi connectivity index (χ0v) is 11.3. The Morgan fingerprint density at radius 2 is 1.67 bits per heavy atom. The van der Waals surface area contributed by atoms with Gasteiger partial charge in [0.25, 0.3) is 0 Å². The Bertz CT molecular complexity index is 164. The van der Waals surface area contributed by atoms with Crippen molar-refractivity contribution in [2.24, 2.45) is 17.8 Å². The second-order valence-corrected chi connectivity index (χ2v) is 5.81. The number of unbranched alkanes of at least 4 members (excludes halogenated alkanes) is 1. The fraction of sp³-hybridized carbons (Fsp3) is 1.00. The van der Waals surface area contributed by atoms with Crippen molar-refractivity contribution in [2.45, 2.75) is 59.9 Å². The number of likely N-dealkylation sites (tertiary alicyclic amines) is 1. The monoisotopic (exact) mass is 211 g/mol. The lowest BCUT2D eigenvalue weighted by Crippen LogP contribution is -2.47. The Morgan fingerprint density at radius 3 is 2.07 bits per heavy atom. The number of rotatable bonds is 4. The van der Waals surface area contributed by atoms with Gasteiger partial charge in [0.05, 0.1) is 0 Å². The van der Waals surface area contributed by atoms with Crippen LogP contribution in [0.2, 0.25) is 0 Å². The molecular weight excluding hydrogens is 182 g/mol. The molecule has 0 aromatic rings. The summed E-state index contributed by atoms with van der Waals surface area (Å²) in [6, 6.07) is 0.724. The van der Waals surface area contributed by atoms with Crippen LogP contribution in [-0.4, -0.2) is 24.0 Å². The molecule has 1 nitrogen and oxygen atoms in total. The maximum absolute atomic E-state index is 2.65. The molecule has 0 radical (unpaired) electrons. The third-order valence-corrected chi connectivity index (χ3v) is 4.13. The third-order valence-electron chi connectivity index (χ3n) is 4.13. The first-order chi connectivity index (χ1) is 7.06. The summed E-state index contributed by atoms with van der Waals surface area (Å²) in [6.45, 7) is 14.5. The molecule has 1 aliphatic rings. The fourth-order valence-electron chi connectivity index (χ4n) is 3.08. The molecule has 1 saturated heterocycles. The molecule has 0 aromatic carbocycles. The minimum Gasteiger partial charge on any atom is -0.300 e. The first-order valence-corrected chi connectivity index (χ1v) is 6.80. The third kappa shape index (κ3) is 3.48. The van der Waals surface area contributed by atoms with Crippen LogP contribution in [0.15, 0.2) is 0 Å². The van der Waals surface area contributed by atoms with Crippen LogP contribution in [0.3, 0.4) is 0 Å². The summed E-state index contributed by atoms with van der Waals surface area (Å²) in [4.78, 5) is 2.65. The Morgan fingerprint density at radius 1 is 1.13 bits per heavy atom. The van der Waals surface area contributed by atoms with Crippen molar-refractivity contribution < 1.29 is 0 Å². The Balaban J connectivity index is 2.48. The summed E-state index contributed by atoms with van der Waals surface area (Å²) < 4.78 is 0. The van der Waals surface area contributed by atoms with Crippen molar-refractivity contribution in [3.8, 4) is 0 Å². The summed E-state index contributed by atoms with van der Waals surface area (Å²) in [5, 5.41) is 0. The molecule has 1 fully saturated rings. The van der Waals surface area contributed by atoms with Crippen LogP contribution in [-0.2, 0) is 0 Å². The number of nitrogens with zero attached hydrogens (tertiary/aromatic N) is 1. The van der Waals surface area contributed by atoms with Crippen LogP contribution in [0, 0.1) is 17.8 Å². The summed E-state index contributed by atoms with van der Waals surface area (Å²) in [7, 11) is 0. The van der Waals surface area contributed by atoms with E-state index in [2.05, 4.69) is 39.5 Å². The van der Waals surface area contributed by atoms with E-state index in [4.69, 9.17) is 0 Å². The smallest absolute Gasteiger partial charge is 0.00388 e. The van der Waals surface area contributed by atoms with Crippen LogP contribution in [0.4, 0.5) is 0 Å². The zero-order valence-electron chi connectivity index (χ0n) is 11.3. The average Bonchev–Trinajstić information content (AvgIpc) is 2.16. The summed E-state index contributed by atoms with van der Waals surface area (Å²) in [6.07, 6.45) is 4.22. The maximum atomic E-state index is 2.65. The first-order valence-electron chi connectivity index (χ1n) is 6.80. The predicted molar refractivity (Wildman–Crippen MR) is 68.1 cm³/mol. The molecule has 0 N–H and O–H groups in total. The Hall–Kier alpha value is -0.0400. The van der Waals surface area contributed by atoms with E-state index < -0.39 is 0 Å². The van der Waals surface area contributed by atoms with E-state index in [0.717, 1.165) is 23.8 Å². The molecule has 1 aliphatic heterocycles. The van der Waals surface area contributed by atoms with E-state index in [-0.39, 0.29) is 0 Å². The highest BCUT2D eigenvalue weighted by Gasteiger charge is 2.31. The van der Waals surface area contributed by atoms with Gasteiger partial charge in [-0.3, -0.25) is 0 Å². The molecule has 2 unspecified atom stereocenters. The van der Waals surface area contributed by atoms with Gasteiger partial charge in [-0.05, 0) is 38.0 Å². The van der Waals surface area contributed by atoms with Gasteiger partial charge in [-0.15, -0.1) is 0 Å². The van der Waals surface area contributed by atoms with Crippen molar-refractivity contribution >= 4 is 0 Å². The van der Waals surface area contributed by atoms with Crippen molar-refractivity contribution in [3.63, 3.8) is 0 Å². The van der Waals surface area contributed by atoms with Gasteiger partial charge in [-0.25, -0.2) is 0 Å². The summed E-state index contributed by atoms with van der Waals surface area (Å²) in [5.41, 5.74) is 0. The van der Waals surface area contributed by atoms with E-state index in [1.165, 1.54) is 32.4 Å². The van der Waals surface area contributed by atoms with E-state index in [9.17, 15) is 0 Å². The molecule has 15 heavy (non-hydrogen) atoms. The summed E-state index contributed by atoms with van der Waals surface area (Å²) >= 11 is 0. The van der Waals surface area contributed by atoms with Gasteiger partial charge in [0.1, 0.15) is 0 Å². The van der Waals surface area contributed by atoms with Crippen molar-refractivity contribution in [2.75, 3.05) is 13.1 Å². The van der Waals surface area contributed by atoms with Gasteiger partial charge < -0.3 is 4.90 Å². The second-order valence-electron chi connectivity index (χ2n) is 5.81. The van der Waals surface area contributed by atoms with Crippen LogP contribution >= 0.6 is 0 Å². The lowest BCUT2D eigenvalue weighted by atomic mass is 9.76. The minimum atomic E-state index is 0.724. The number of piperidine rings is 1. The molecule has 0 aromatic heterocycles. The average molecular weight is 211 g/mol. The number of hydrogen-bond acceptors (Lipinski definition) is 1. The molecule has 2 atom stereocenters. The van der Waals surface area contributed by atoms with E-state index in [1.807, 2.05) is 0 Å². The Kier molecular flexibility index (Phi) is 5.11. The largest absolute Gasteiger partial charge is 0.300 e. The van der Waals surface area contributed by atoms with Crippen LogP contribution in [0.5, 0.6) is 0 Å². The molecule has 90 valence electrons. The highest BCUT2D eigenvalue weighted by Crippen LogP contribution is 2.32. The molecule has 0 bridgehead atoms. The number of hydrogen-bond donors (Lipinski definition) is 0. The topological polar surface area (TPSA) is 3.24 Å². The molecule has 1 heteroatoms. The first kappa shape index (κ1) is 13.0. The van der Waals surface area contributed by atoms with Crippen molar-refractivity contribution in [1.29, 1.82) is 0 Å². The predicted octanol–water partition coefficient (Wildman–Crippen LogP) is 3.79. The SMILES string of the molecule is CCCCC1C(C)CN(C(C)C)CC1C. The Labute approximate surface area is 96.2 Å². The maximum Gasteiger partial charge on any atom is 0.00388 e. The van der Waals surface area contributed by atoms with E-state index in [1.54, 1.807) is 0 Å². The molecule has 0 saturated carbocycles. The molecule has 0 spiro atoms. The van der Waals surface area contributed by atoms with Gasteiger partial charge in [-0.2, -0.15) is 0 Å². The molecule has 0 amide bonds. The molecular formula is C14H29N. The van der Waals surface area contributed by atoms with Gasteiger partial charge in [0, 0.05) is 19.1 Å². The molecule has 1 rings (SSSR count). The highest BCUT2D eigenvalue weighted by atomic mass is 15.2. The van der Waals surface area contributed by atoms with Gasteiger partial charge in [0.2, 0.25) is 0 Å². The van der Waals surface area contributed by atoms with Gasteiger partial charge in [-0.1, -0.05) is 33.6 Å². The second kappa shape index (κ2) is 5.89. The van der Waals surface area contributed by atoms with E-state index in [0.29, 0.717) is 0 Å². The van der Waals surface area contributed by atoms with Gasteiger partial charge in [0.15, 0.2) is 0 Å². The lowest BCUT2D eigenvalue weighted by Gasteiger charge is -2.43. The fourth-order valence-corrected chi connectivity index (χ4v) is 3.08. The zero-order chi connectivity index (χ0) is 11.4. The molecule has 1 heterocycles. The molecule has 0 aliphatic carbocycles. The quantitative estimate of drug-likeness (QED) is 0.684. The highest BCUT2D eigenvalue weighted by molar-refractivity contribution is 4.83. The van der Waals surface area contributed by atoms with Crippen LogP contribution in [0.25, 0.3) is 0 Å². The summed E-state index contributed by atoms with van der Waals surface area (Å²) in [5.74, 6) is 2.75. The van der Waals surface area contributed by atoms with Crippen LogP contribution < -0.4 is 0 Å². The lowest BCUT2D eigenvalue weighted by molar-refractivity contribution is 0.0517. The standard InChI is InChI=1S/C14H29N/c1-6-7-8-14-12(4)9-15(11(2)3)10-13(14)5/h11-14H,6-10H2,1-5H3. The van der Waals surface area contributed by atoms with E-state index >= 15 is 0 Å². The van der Waals surface area contributed by atoms with Crippen LogP contribution in [0.1, 0.15) is 53.9 Å². The van der Waals surface area contributed by atoms with Gasteiger partial charge >= 0.3 is 0 Å². The van der Waals surface area contributed by atoms with Crippen molar-refractivity contribution in [1.82, 2.24) is 4.90 Å². The minimum absolute atomic E-state index is 0.724. The van der Waals surface area contributed by atoms with Crippen molar-refractivity contribution in [3.05, 3.63) is 0 Å². The normalized spacial score (nSPS) is 33.6.